The van der Waals surface area contributed by atoms with Crippen LogP contribution >= 0.6 is 0 Å². The van der Waals surface area contributed by atoms with E-state index in [1.54, 1.807) is 0 Å². The second-order valence-corrected chi connectivity index (χ2v) is 8.89. The summed E-state index contributed by atoms with van der Waals surface area (Å²) in [5, 5.41) is 14.4. The van der Waals surface area contributed by atoms with Gasteiger partial charge < -0.3 is 15.2 Å². The average molecular weight is 414 g/mol. The molecule has 3 heteroatoms. The zero-order chi connectivity index (χ0) is 21.0. The van der Waals surface area contributed by atoms with Crippen LogP contribution in [0.4, 0.5) is 5.69 Å². The molecule has 31 heavy (non-hydrogen) atoms. The number of nitrogens with one attached hydrogen (secondary N) is 1. The van der Waals surface area contributed by atoms with Crippen LogP contribution in [0.1, 0.15) is 67.1 Å². The molecule has 5 unspecified atom stereocenters. The fourth-order valence-electron chi connectivity index (χ4n) is 5.31. The minimum Gasteiger partial charge on any atom is -0.388 e. The van der Waals surface area contributed by atoms with Crippen molar-refractivity contribution in [2.24, 2.45) is 5.92 Å². The van der Waals surface area contributed by atoms with Crippen LogP contribution in [-0.4, -0.2) is 11.1 Å². The molecule has 5 atom stereocenters. The monoisotopic (exact) mass is 413 g/mol. The van der Waals surface area contributed by atoms with Crippen molar-refractivity contribution in [1.29, 1.82) is 0 Å². The number of fused-ring (bicyclic) bond motifs is 3. The first-order valence-corrected chi connectivity index (χ1v) is 11.6. The summed E-state index contributed by atoms with van der Waals surface area (Å²) >= 11 is 0. The molecule has 5 rings (SSSR count). The first-order valence-electron chi connectivity index (χ1n) is 11.6. The minimum absolute atomic E-state index is 0.125. The van der Waals surface area contributed by atoms with Gasteiger partial charge in [0.15, 0.2) is 0 Å². The molecule has 0 aromatic heterocycles. The Kier molecular flexibility index (Phi) is 6.06. The minimum atomic E-state index is -0.391. The second kappa shape index (κ2) is 9.25. The van der Waals surface area contributed by atoms with Gasteiger partial charge in [-0.25, -0.2) is 0 Å². The molecule has 0 spiro atoms. The van der Waals surface area contributed by atoms with E-state index in [0.717, 1.165) is 37.7 Å². The van der Waals surface area contributed by atoms with Crippen molar-refractivity contribution in [2.45, 2.75) is 56.5 Å². The van der Waals surface area contributed by atoms with Crippen molar-refractivity contribution in [1.82, 2.24) is 0 Å². The van der Waals surface area contributed by atoms with Gasteiger partial charge in [0.25, 0.3) is 0 Å². The molecule has 1 fully saturated rings. The average Bonchev–Trinajstić information content (AvgIpc) is 2.85. The molecule has 0 amide bonds. The summed E-state index contributed by atoms with van der Waals surface area (Å²) < 4.78 is 6.74. The van der Waals surface area contributed by atoms with Crippen LogP contribution in [0.25, 0.3) is 0 Å². The molecular weight excluding hydrogens is 382 g/mol. The van der Waals surface area contributed by atoms with E-state index in [2.05, 4.69) is 59.9 Å². The van der Waals surface area contributed by atoms with Crippen molar-refractivity contribution >= 4 is 5.69 Å². The summed E-state index contributed by atoms with van der Waals surface area (Å²) in [5.74, 6) is 0.462. The highest BCUT2D eigenvalue weighted by atomic mass is 16.5. The third-order valence-electron chi connectivity index (χ3n) is 6.94. The number of aliphatic hydroxyl groups is 1. The first-order chi connectivity index (χ1) is 15.3. The van der Waals surface area contributed by atoms with Crippen molar-refractivity contribution in [3.8, 4) is 0 Å². The Balaban J connectivity index is 1.29. The number of hydrogen-bond acceptors (Lipinski definition) is 3. The molecule has 2 heterocycles. The standard InChI is InChI=1S/C28H31NO2/c30-26(20-10-3-1-4-11-20)17-9-16-25-23-18-19-27(21-12-5-2-6-13-21)31-28(23)22-14-7-8-15-24(22)29-25/h1-8,10-15,23,25-30H,9,16-19H2. The Labute approximate surface area is 185 Å². The van der Waals surface area contributed by atoms with Crippen molar-refractivity contribution in [3.63, 3.8) is 0 Å². The smallest absolute Gasteiger partial charge is 0.0900 e. The largest absolute Gasteiger partial charge is 0.388 e. The molecule has 3 aromatic carbocycles. The lowest BCUT2D eigenvalue weighted by Gasteiger charge is -2.45. The van der Waals surface area contributed by atoms with Gasteiger partial charge in [-0.15, -0.1) is 0 Å². The van der Waals surface area contributed by atoms with E-state index < -0.39 is 6.10 Å². The summed E-state index contributed by atoms with van der Waals surface area (Å²) in [5.41, 5.74) is 4.77. The third kappa shape index (κ3) is 4.39. The van der Waals surface area contributed by atoms with Gasteiger partial charge in [0.2, 0.25) is 0 Å². The highest BCUT2D eigenvalue weighted by molar-refractivity contribution is 5.55. The van der Waals surface area contributed by atoms with Crippen LogP contribution in [0.15, 0.2) is 84.9 Å². The molecule has 160 valence electrons. The molecular formula is C28H31NO2. The summed E-state index contributed by atoms with van der Waals surface area (Å²) in [4.78, 5) is 0. The fraction of sp³-hybridized carbons (Fsp3) is 0.357. The summed E-state index contributed by atoms with van der Waals surface area (Å²) in [7, 11) is 0. The predicted molar refractivity (Wildman–Crippen MR) is 125 cm³/mol. The Bertz CT molecular complexity index is 975. The SMILES string of the molecule is OC(CCCC1Nc2ccccc2C2OC(c3ccccc3)CCC12)c1ccccc1. The molecule has 2 N–H and O–H groups in total. The summed E-state index contributed by atoms with van der Waals surface area (Å²) in [6.07, 6.45) is 4.91. The first kappa shape index (κ1) is 20.3. The summed E-state index contributed by atoms with van der Waals surface area (Å²) in [6.45, 7) is 0. The number of anilines is 1. The highest BCUT2D eigenvalue weighted by Gasteiger charge is 2.41. The lowest BCUT2D eigenvalue weighted by atomic mass is 9.76. The number of hydrogen-bond donors (Lipinski definition) is 2. The lowest BCUT2D eigenvalue weighted by molar-refractivity contribution is -0.0957. The van der Waals surface area contributed by atoms with Gasteiger partial charge in [0.05, 0.1) is 18.3 Å². The number of ether oxygens (including phenoxy) is 1. The molecule has 0 saturated carbocycles. The molecule has 3 aromatic rings. The van der Waals surface area contributed by atoms with Crippen LogP contribution in [0.5, 0.6) is 0 Å². The van der Waals surface area contributed by atoms with Crippen LogP contribution < -0.4 is 5.32 Å². The molecule has 0 aliphatic carbocycles. The number of rotatable bonds is 6. The van der Waals surface area contributed by atoms with Gasteiger partial charge in [-0.05, 0) is 49.3 Å². The molecule has 1 saturated heterocycles. The van der Waals surface area contributed by atoms with Crippen molar-refractivity contribution < 1.29 is 9.84 Å². The van der Waals surface area contributed by atoms with E-state index in [9.17, 15) is 5.11 Å². The molecule has 3 nitrogen and oxygen atoms in total. The van der Waals surface area contributed by atoms with Gasteiger partial charge in [-0.1, -0.05) is 78.9 Å². The summed E-state index contributed by atoms with van der Waals surface area (Å²) in [6, 6.07) is 29.6. The molecule has 0 radical (unpaired) electrons. The fourth-order valence-corrected chi connectivity index (χ4v) is 5.31. The van der Waals surface area contributed by atoms with Crippen LogP contribution in [0.2, 0.25) is 0 Å². The Morgan fingerprint density at radius 2 is 1.58 bits per heavy atom. The van der Waals surface area contributed by atoms with Crippen molar-refractivity contribution in [3.05, 3.63) is 102 Å². The third-order valence-corrected chi connectivity index (χ3v) is 6.94. The number of para-hydroxylation sites is 1. The van der Waals surface area contributed by atoms with Gasteiger partial charge >= 0.3 is 0 Å². The van der Waals surface area contributed by atoms with Crippen molar-refractivity contribution in [2.75, 3.05) is 5.32 Å². The van der Waals surface area contributed by atoms with E-state index in [4.69, 9.17) is 4.74 Å². The van der Waals surface area contributed by atoms with Crippen LogP contribution in [0.3, 0.4) is 0 Å². The maximum Gasteiger partial charge on any atom is 0.0900 e. The van der Waals surface area contributed by atoms with Gasteiger partial charge in [-0.3, -0.25) is 0 Å². The second-order valence-electron chi connectivity index (χ2n) is 8.89. The maximum atomic E-state index is 10.6. The molecule has 2 aliphatic heterocycles. The number of aliphatic hydroxyl groups excluding tert-OH is 1. The van der Waals surface area contributed by atoms with E-state index in [1.807, 2.05) is 30.3 Å². The normalized spacial score (nSPS) is 25.7. The molecule has 0 bridgehead atoms. The lowest BCUT2D eigenvalue weighted by Crippen LogP contribution is -2.41. The van der Waals surface area contributed by atoms with E-state index in [-0.39, 0.29) is 12.2 Å². The zero-order valence-corrected chi connectivity index (χ0v) is 17.9. The maximum absolute atomic E-state index is 10.6. The number of benzene rings is 3. The van der Waals surface area contributed by atoms with E-state index in [0.29, 0.717) is 12.0 Å². The van der Waals surface area contributed by atoms with E-state index in [1.165, 1.54) is 16.8 Å². The Morgan fingerprint density at radius 3 is 2.39 bits per heavy atom. The highest BCUT2D eigenvalue weighted by Crippen LogP contribution is 2.49. The Hall–Kier alpha value is -2.62. The van der Waals surface area contributed by atoms with E-state index >= 15 is 0 Å². The van der Waals surface area contributed by atoms with Crippen LogP contribution in [0, 0.1) is 5.92 Å². The zero-order valence-electron chi connectivity index (χ0n) is 17.9. The predicted octanol–water partition coefficient (Wildman–Crippen LogP) is 6.59. The topological polar surface area (TPSA) is 41.5 Å². The van der Waals surface area contributed by atoms with Crippen LogP contribution in [-0.2, 0) is 4.74 Å². The van der Waals surface area contributed by atoms with Gasteiger partial charge in [-0.2, -0.15) is 0 Å². The molecule has 2 aliphatic rings. The quantitative estimate of drug-likeness (QED) is 0.479. The van der Waals surface area contributed by atoms with Gasteiger partial charge in [0.1, 0.15) is 0 Å². The van der Waals surface area contributed by atoms with Gasteiger partial charge in [0, 0.05) is 23.2 Å². The Morgan fingerprint density at radius 1 is 0.871 bits per heavy atom.